The first-order chi connectivity index (χ1) is 18.8. The van der Waals surface area contributed by atoms with Gasteiger partial charge in [-0.15, -0.1) is 0 Å². The highest BCUT2D eigenvalue weighted by Gasteiger charge is 2.52. The Kier molecular flexibility index (Phi) is 12.8. The molecule has 2 aliphatic carbocycles. The van der Waals surface area contributed by atoms with Gasteiger partial charge in [0.2, 0.25) is 0 Å². The van der Waals surface area contributed by atoms with Crippen LogP contribution in [0.3, 0.4) is 0 Å². The lowest BCUT2D eigenvalue weighted by Crippen LogP contribution is -2.46. The summed E-state index contributed by atoms with van der Waals surface area (Å²) in [5.74, 6) is 0.0884. The lowest BCUT2D eigenvalue weighted by Gasteiger charge is -2.43. The minimum absolute atomic E-state index is 0.0246. The van der Waals surface area contributed by atoms with Gasteiger partial charge in [-0.1, -0.05) is 59.1 Å². The molecule has 6 nitrogen and oxygen atoms in total. The van der Waals surface area contributed by atoms with Crippen molar-refractivity contribution in [3.63, 3.8) is 0 Å². The molecule has 0 bridgehead atoms. The highest BCUT2D eigenvalue weighted by Crippen LogP contribution is 2.51. The molecule has 7 heteroatoms. The first kappa shape index (κ1) is 33.8. The molecule has 0 radical (unpaired) electrons. The van der Waals surface area contributed by atoms with Gasteiger partial charge in [0.05, 0.1) is 12.2 Å². The molecular formula is C33H60O6Si. The van der Waals surface area contributed by atoms with Gasteiger partial charge in [0.15, 0.2) is 14.6 Å². The Balaban J connectivity index is 1.77. The average molecular weight is 581 g/mol. The molecule has 1 aliphatic heterocycles. The third-order valence-corrected chi connectivity index (χ3v) is 15.2. The smallest absolute Gasteiger partial charge is 0.303 e. The summed E-state index contributed by atoms with van der Waals surface area (Å²) in [4.78, 5) is 10.9. The molecule has 3 aliphatic rings. The summed E-state index contributed by atoms with van der Waals surface area (Å²) >= 11 is 0. The van der Waals surface area contributed by atoms with E-state index in [1.54, 1.807) is 0 Å². The number of ether oxygens (including phenoxy) is 2. The van der Waals surface area contributed by atoms with E-state index < -0.39 is 20.4 Å². The molecule has 0 amide bonds. The fourth-order valence-electron chi connectivity index (χ4n) is 6.91. The number of hydrogen-bond donors (Lipinski definition) is 2. The SMILES string of the molecule is CC(C)(C)[Si](C)(C)O[C@@H](CC[C@H]1C(OC2CCCCO2)C[C@H](O)[C@]1(C)C/C=C\CCCC(=O)O)C1CCCCC1. The quantitative estimate of drug-likeness (QED) is 0.122. The van der Waals surface area contributed by atoms with Gasteiger partial charge in [0, 0.05) is 31.0 Å². The molecule has 2 N–H and O–H groups in total. The summed E-state index contributed by atoms with van der Waals surface area (Å²) in [5, 5.41) is 20.6. The van der Waals surface area contributed by atoms with Crippen molar-refractivity contribution in [2.75, 3.05) is 6.61 Å². The third kappa shape index (κ3) is 9.39. The number of aliphatic hydroxyl groups excluding tert-OH is 1. The molecule has 1 heterocycles. The van der Waals surface area contributed by atoms with E-state index in [0.717, 1.165) is 51.6 Å². The lowest BCUT2D eigenvalue weighted by molar-refractivity contribution is -0.198. The van der Waals surface area contributed by atoms with Crippen molar-refractivity contribution in [2.24, 2.45) is 17.3 Å². The summed E-state index contributed by atoms with van der Waals surface area (Å²) < 4.78 is 19.8. The van der Waals surface area contributed by atoms with Crippen molar-refractivity contribution in [3.05, 3.63) is 12.2 Å². The molecular weight excluding hydrogens is 520 g/mol. The van der Waals surface area contributed by atoms with E-state index in [0.29, 0.717) is 18.8 Å². The van der Waals surface area contributed by atoms with Gasteiger partial charge in [0.25, 0.3) is 0 Å². The molecule has 2 saturated carbocycles. The van der Waals surface area contributed by atoms with Gasteiger partial charge in [-0.25, -0.2) is 0 Å². The van der Waals surface area contributed by atoms with Crippen LogP contribution in [0.25, 0.3) is 0 Å². The van der Waals surface area contributed by atoms with E-state index in [-0.39, 0.29) is 41.3 Å². The summed E-state index contributed by atoms with van der Waals surface area (Å²) in [6, 6.07) is 0. The van der Waals surface area contributed by atoms with Crippen LogP contribution in [-0.2, 0) is 18.7 Å². The third-order valence-electron chi connectivity index (χ3n) is 10.7. The Morgan fingerprint density at radius 3 is 2.42 bits per heavy atom. The number of carboxylic acids is 1. The van der Waals surface area contributed by atoms with E-state index in [1.807, 2.05) is 0 Å². The van der Waals surface area contributed by atoms with Gasteiger partial charge < -0.3 is 24.1 Å². The standard InChI is InChI=1S/C33H60O6Si/c1-32(2,3)40(5,6)39-27(25-16-10-9-11-17-25)21-20-26-28(38-31-19-13-15-23-37-31)24-29(34)33(26,4)22-14-8-7-12-18-30(35)36/h8,14,25-29,31,34H,7,9-13,15-24H2,1-6H3,(H,35,36)/b14-8-/t26-,27-,28?,29-,31?,33+/m0/s1. The van der Waals surface area contributed by atoms with Crippen LogP contribution in [0.2, 0.25) is 18.1 Å². The van der Waals surface area contributed by atoms with Crippen molar-refractivity contribution < 1.29 is 28.9 Å². The Labute approximate surface area is 245 Å². The maximum atomic E-state index is 11.4. The Morgan fingerprint density at radius 1 is 1.10 bits per heavy atom. The van der Waals surface area contributed by atoms with Crippen LogP contribution in [0.1, 0.15) is 124 Å². The second kappa shape index (κ2) is 15.1. The molecule has 2 unspecified atom stereocenters. The van der Waals surface area contributed by atoms with E-state index in [1.165, 1.54) is 32.1 Å². The molecule has 0 spiro atoms. The molecule has 1 saturated heterocycles. The normalized spacial score (nSPS) is 31.6. The predicted octanol–water partition coefficient (Wildman–Crippen LogP) is 8.24. The molecule has 3 fully saturated rings. The van der Waals surface area contributed by atoms with E-state index in [4.69, 9.17) is 19.0 Å². The van der Waals surface area contributed by atoms with Crippen LogP contribution in [0.15, 0.2) is 12.2 Å². The van der Waals surface area contributed by atoms with E-state index in [9.17, 15) is 9.90 Å². The van der Waals surface area contributed by atoms with Gasteiger partial charge in [-0.3, -0.25) is 4.79 Å². The van der Waals surface area contributed by atoms with Gasteiger partial charge in [-0.05, 0) is 94.2 Å². The summed E-state index contributed by atoms with van der Waals surface area (Å²) in [5.41, 5.74) is -0.295. The maximum absolute atomic E-state index is 11.4. The maximum Gasteiger partial charge on any atom is 0.303 e. The van der Waals surface area contributed by atoms with Crippen molar-refractivity contribution >= 4 is 14.3 Å². The average Bonchev–Trinajstić information content (AvgIpc) is 3.12. The fraction of sp³-hybridized carbons (Fsp3) is 0.909. The number of carbonyl (C=O) groups is 1. The highest BCUT2D eigenvalue weighted by molar-refractivity contribution is 6.74. The van der Waals surface area contributed by atoms with Gasteiger partial charge in [-0.2, -0.15) is 0 Å². The van der Waals surface area contributed by atoms with Gasteiger partial charge in [0.1, 0.15) is 0 Å². The molecule has 0 aromatic rings. The van der Waals surface area contributed by atoms with Crippen molar-refractivity contribution in [2.45, 2.75) is 167 Å². The zero-order valence-electron chi connectivity index (χ0n) is 26.5. The number of unbranched alkanes of at least 4 members (excludes halogenated alkanes) is 1. The fourth-order valence-corrected chi connectivity index (χ4v) is 8.34. The predicted molar refractivity (Wildman–Crippen MR) is 164 cm³/mol. The van der Waals surface area contributed by atoms with Crippen molar-refractivity contribution in [1.29, 1.82) is 0 Å². The summed E-state index contributed by atoms with van der Waals surface area (Å²) in [7, 11) is -1.93. The highest BCUT2D eigenvalue weighted by atomic mass is 28.4. The lowest BCUT2D eigenvalue weighted by atomic mass is 9.72. The summed E-state index contributed by atoms with van der Waals surface area (Å²) in [6.07, 6.45) is 18.5. The number of aliphatic carboxylic acids is 1. The molecule has 0 aromatic carbocycles. The van der Waals surface area contributed by atoms with Crippen molar-refractivity contribution in [1.82, 2.24) is 0 Å². The van der Waals surface area contributed by atoms with E-state index >= 15 is 0 Å². The number of rotatable bonds is 14. The Morgan fingerprint density at radius 2 is 1.80 bits per heavy atom. The molecule has 232 valence electrons. The first-order valence-electron chi connectivity index (χ1n) is 16.3. The van der Waals surface area contributed by atoms with Crippen molar-refractivity contribution in [3.8, 4) is 0 Å². The van der Waals surface area contributed by atoms with Crippen LogP contribution >= 0.6 is 0 Å². The monoisotopic (exact) mass is 580 g/mol. The second-order valence-electron chi connectivity index (χ2n) is 14.7. The van der Waals surface area contributed by atoms with Crippen LogP contribution in [0.5, 0.6) is 0 Å². The molecule has 40 heavy (non-hydrogen) atoms. The number of allylic oxidation sites excluding steroid dienone is 2. The topological polar surface area (TPSA) is 85.2 Å². The van der Waals surface area contributed by atoms with Crippen LogP contribution in [0.4, 0.5) is 0 Å². The van der Waals surface area contributed by atoms with E-state index in [2.05, 4.69) is 52.9 Å². The Bertz CT molecular complexity index is 795. The van der Waals surface area contributed by atoms with Crippen LogP contribution < -0.4 is 0 Å². The van der Waals surface area contributed by atoms with Crippen LogP contribution in [0, 0.1) is 17.3 Å². The number of carboxylic acid groups (broad SMARTS) is 1. The molecule has 6 atom stereocenters. The minimum Gasteiger partial charge on any atom is -0.481 e. The molecule has 0 aromatic heterocycles. The van der Waals surface area contributed by atoms with Gasteiger partial charge >= 0.3 is 5.97 Å². The molecule has 3 rings (SSSR count). The minimum atomic E-state index is -1.93. The number of aliphatic hydroxyl groups is 1. The summed E-state index contributed by atoms with van der Waals surface area (Å²) in [6.45, 7) is 14.8. The van der Waals surface area contributed by atoms with Crippen LogP contribution in [-0.4, -0.2) is 55.7 Å². The zero-order chi connectivity index (χ0) is 29.4. The Hall–Kier alpha value is -0.733. The zero-order valence-corrected chi connectivity index (χ0v) is 27.5. The second-order valence-corrected chi connectivity index (χ2v) is 19.4. The number of hydrogen-bond acceptors (Lipinski definition) is 5. The first-order valence-corrected chi connectivity index (χ1v) is 19.2. The largest absolute Gasteiger partial charge is 0.481 e.